The molecule has 47 nitrogen and oxygen atoms in total. The Morgan fingerprint density at radius 3 is 1.24 bits per heavy atom. The number of aromatic nitrogens is 14. The molecular formula is C49H63N17O30P4. The van der Waals surface area contributed by atoms with Gasteiger partial charge in [0.2, 0.25) is 11.9 Å². The van der Waals surface area contributed by atoms with Crippen LogP contribution in [-0.4, -0.2) is 192 Å². The third-order valence-corrected chi connectivity index (χ3v) is 20.4. The number of aliphatic hydroxyl groups is 2. The van der Waals surface area contributed by atoms with Gasteiger partial charge in [-0.3, -0.25) is 98.1 Å². The second-order valence-electron chi connectivity index (χ2n) is 23.3. The fourth-order valence-corrected chi connectivity index (χ4v) is 15.4. The fraction of sp³-hybridized carbons (Fsp3) is 0.551. The van der Waals surface area contributed by atoms with E-state index >= 15 is 0 Å². The van der Waals surface area contributed by atoms with Crippen LogP contribution in [0.15, 0.2) is 70.9 Å². The number of aryl methyl sites for hydroxylation is 2. The van der Waals surface area contributed by atoms with Crippen molar-refractivity contribution in [3.63, 3.8) is 0 Å². The average Bonchev–Trinajstić information content (AvgIpc) is 1.65. The van der Waals surface area contributed by atoms with Gasteiger partial charge >= 0.3 is 48.4 Å². The molecule has 0 amide bonds. The van der Waals surface area contributed by atoms with Crippen molar-refractivity contribution in [3.05, 3.63) is 121 Å². The molecule has 5 aliphatic rings. The molecule has 4 unspecified atom stereocenters. The maximum absolute atomic E-state index is 14.1. The van der Waals surface area contributed by atoms with Crippen LogP contribution in [0.1, 0.15) is 74.4 Å². The van der Waals surface area contributed by atoms with Gasteiger partial charge in [-0.15, -0.1) is 0 Å². The van der Waals surface area contributed by atoms with E-state index in [0.717, 1.165) is 32.3 Å². The van der Waals surface area contributed by atoms with Crippen molar-refractivity contribution in [2.75, 3.05) is 50.2 Å². The van der Waals surface area contributed by atoms with Crippen LogP contribution in [0.25, 0.3) is 22.3 Å². The van der Waals surface area contributed by atoms with Crippen LogP contribution in [-0.2, 0) is 78.1 Å². The number of nitrogens with zero attached hydrogens (tertiary/aromatic N) is 10. The number of nitrogens with two attached hydrogens (primary N) is 3. The molecule has 0 spiro atoms. The van der Waals surface area contributed by atoms with Gasteiger partial charge in [-0.05, 0) is 19.9 Å². The van der Waals surface area contributed by atoms with Gasteiger partial charge < -0.3 is 70.7 Å². The quantitative estimate of drug-likeness (QED) is 0.0237. The number of fused-ring (bicyclic) bond motifs is 2. The van der Waals surface area contributed by atoms with Gasteiger partial charge in [0.05, 0.1) is 51.8 Å². The molecule has 0 radical (unpaired) electrons. The predicted molar refractivity (Wildman–Crippen MR) is 328 cm³/mol. The standard InChI is InChI=1S/C49H63N17O30P4/c1-19-10-63(48(74)60-41(19)69)34-8-24(95-97(76,77)84-13-27-21(68)5-32(89-27)65-17-53-37-39(65)56-45(51)58-43(37)71)30(92-34)16-87-99(80,81)94-23-7-33(62-4-3-31(50)55-47(62)73)90-28(23)14-86-100(82,83)96-25-9-35(64-11-20(2)42(70)61-49(64)75)91-29(25)15-85-98(78,79)93-22-6-36(88-26(22)12-67)66-18-54-38-40(66)57-46(52)59-44(38)72/h3-4,10-11,17-18,21-30,32-36,67-68H,5-9,12-16H2,1-2H3,(H,76,77)(H,78,79)(H,80,81)(H,82,83)(H2,50,55,73)(H,60,69,74)(H,61,70,75)(H3,51,56,58,71)(H3,52,57,59,72)/t21-,22-,23-,24-,25-,26+,27+,28+,29+,30+,32+,33+,34+,35+,36+/m0/s1. The van der Waals surface area contributed by atoms with E-state index in [1.807, 2.05) is 0 Å². The molecule has 544 valence electrons. The number of phosphoric acid groups is 4. The Kier molecular flexibility index (Phi) is 20.5. The maximum Gasteiger partial charge on any atom is 0.472 e. The SMILES string of the molecule is Cc1cn([C@H]2C[C@H](OP(=O)(O)OC[C@H]3O[C@@H](n4cnc5c(=O)[nH]c(N)nc54)C[C@@H]3O)[C@@H](COP(=O)(O)O[C@H]3C[C@H](n4ccc(N)nc4=O)O[C@@H]3COP(=O)(O)O[C@H]3C[C@H](n4cc(C)c(=O)[nH]c4=O)O[C@@H]3COP(=O)(O)O[C@H]3C[C@H](n4cnc5c(=O)[nH]c(N)nc54)O[C@@H]3CO)O2)c(=O)[nH]c1=O. The first-order valence-electron chi connectivity index (χ1n) is 29.8. The highest BCUT2D eigenvalue weighted by Crippen LogP contribution is 2.55. The van der Waals surface area contributed by atoms with Crippen molar-refractivity contribution in [1.82, 2.24) is 67.7 Å². The number of ether oxygens (including phenoxy) is 5. The zero-order chi connectivity index (χ0) is 71.7. The molecule has 12 heterocycles. The Balaban J connectivity index is 0.725. The molecule has 5 aliphatic heterocycles. The number of anilines is 3. The number of H-pyrrole nitrogens is 4. The van der Waals surface area contributed by atoms with Crippen LogP contribution >= 0.6 is 31.3 Å². The molecule has 0 aromatic carbocycles. The van der Waals surface area contributed by atoms with Gasteiger partial charge in [-0.25, -0.2) is 42.6 Å². The largest absolute Gasteiger partial charge is 0.472 e. The van der Waals surface area contributed by atoms with E-state index in [2.05, 4.69) is 44.9 Å². The molecule has 7 aromatic heterocycles. The Bertz CT molecular complexity index is 4900. The van der Waals surface area contributed by atoms with E-state index < -0.39 is 215 Å². The minimum absolute atomic E-state index is 0.000296. The van der Waals surface area contributed by atoms with Gasteiger partial charge in [0, 0.05) is 61.8 Å². The number of rotatable bonds is 26. The summed E-state index contributed by atoms with van der Waals surface area (Å²) < 4.78 is 134. The van der Waals surface area contributed by atoms with Gasteiger partial charge in [0.15, 0.2) is 22.3 Å². The van der Waals surface area contributed by atoms with Crippen molar-refractivity contribution in [2.24, 2.45) is 0 Å². The number of aliphatic hydroxyl groups excluding tert-OH is 2. The Hall–Kier alpha value is -7.50. The summed E-state index contributed by atoms with van der Waals surface area (Å²) in [6, 6.07) is 1.19. The lowest BCUT2D eigenvalue weighted by molar-refractivity contribution is -0.0648. The van der Waals surface area contributed by atoms with E-state index in [-0.39, 0.29) is 64.0 Å². The highest BCUT2D eigenvalue weighted by atomic mass is 31.2. The first kappa shape index (κ1) is 72.3. The van der Waals surface area contributed by atoms with Crippen molar-refractivity contribution in [3.8, 4) is 0 Å². The predicted octanol–water partition coefficient (Wildman–Crippen LogP) is -3.23. The molecule has 5 saturated heterocycles. The van der Waals surface area contributed by atoms with Crippen molar-refractivity contribution < 1.29 is 108 Å². The van der Waals surface area contributed by atoms with Crippen molar-refractivity contribution >= 4 is 71.3 Å². The molecule has 19 atom stereocenters. The lowest BCUT2D eigenvalue weighted by Gasteiger charge is -2.25. The summed E-state index contributed by atoms with van der Waals surface area (Å²) in [5, 5.41) is 21.1. The minimum atomic E-state index is -5.54. The number of nitrogens with one attached hydrogen (secondary N) is 4. The summed E-state index contributed by atoms with van der Waals surface area (Å²) in [7, 11) is -21.7. The second kappa shape index (κ2) is 28.4. The summed E-state index contributed by atoms with van der Waals surface area (Å²) in [6.45, 7) is -2.08. The topological polar surface area (TPSA) is 659 Å². The van der Waals surface area contributed by atoms with Gasteiger partial charge in [0.25, 0.3) is 22.2 Å². The monoisotopic (exact) mass is 1490 g/mol. The smallest absolute Gasteiger partial charge is 0.394 e. The summed E-state index contributed by atoms with van der Waals surface area (Å²) in [6.07, 6.45) is -18.5. The molecular weight excluding hydrogens is 1430 g/mol. The molecule has 51 heteroatoms. The van der Waals surface area contributed by atoms with E-state index in [0.29, 0.717) is 0 Å². The second-order valence-corrected chi connectivity index (χ2v) is 28.9. The number of nitrogen functional groups attached to an aromatic ring is 3. The molecule has 0 saturated carbocycles. The Labute approximate surface area is 555 Å². The summed E-state index contributed by atoms with van der Waals surface area (Å²) in [4.78, 5) is 162. The van der Waals surface area contributed by atoms with E-state index in [9.17, 15) is 81.6 Å². The van der Waals surface area contributed by atoms with Crippen LogP contribution in [0.3, 0.4) is 0 Å². The number of imidazole rings is 2. The molecule has 0 aliphatic carbocycles. The lowest BCUT2D eigenvalue weighted by Crippen LogP contribution is -2.33. The molecule has 5 fully saturated rings. The van der Waals surface area contributed by atoms with Gasteiger partial charge in [-0.1, -0.05) is 0 Å². The van der Waals surface area contributed by atoms with Crippen LogP contribution in [0.5, 0.6) is 0 Å². The van der Waals surface area contributed by atoms with Crippen LogP contribution in [0.4, 0.5) is 17.7 Å². The number of phosphoric ester groups is 4. The van der Waals surface area contributed by atoms with E-state index in [4.69, 9.17) is 77.1 Å². The Morgan fingerprint density at radius 2 is 0.840 bits per heavy atom. The first-order valence-corrected chi connectivity index (χ1v) is 35.8. The van der Waals surface area contributed by atoms with Crippen LogP contribution in [0.2, 0.25) is 0 Å². The highest BCUT2D eigenvalue weighted by Gasteiger charge is 2.50. The van der Waals surface area contributed by atoms with Gasteiger partial charge in [0.1, 0.15) is 91.9 Å². The highest BCUT2D eigenvalue weighted by molar-refractivity contribution is 7.48. The summed E-state index contributed by atoms with van der Waals surface area (Å²) >= 11 is 0. The number of aromatic amines is 4. The van der Waals surface area contributed by atoms with E-state index in [1.54, 1.807) is 0 Å². The van der Waals surface area contributed by atoms with Crippen molar-refractivity contribution in [2.45, 2.75) is 138 Å². The molecule has 7 aromatic rings. The lowest BCUT2D eigenvalue weighted by atomic mass is 10.2. The zero-order valence-electron chi connectivity index (χ0n) is 51.7. The van der Waals surface area contributed by atoms with Gasteiger partial charge in [-0.2, -0.15) is 15.0 Å². The third-order valence-electron chi connectivity index (χ3n) is 16.4. The average molecular weight is 1490 g/mol. The minimum Gasteiger partial charge on any atom is -0.394 e. The fourth-order valence-electron chi connectivity index (χ4n) is 11.6. The Morgan fingerprint density at radius 1 is 0.490 bits per heavy atom. The molecule has 0 bridgehead atoms. The molecule has 100 heavy (non-hydrogen) atoms. The number of hydrogen-bond acceptors (Lipinski definition) is 34. The normalized spacial score (nSPS) is 29.5. The summed E-state index contributed by atoms with van der Waals surface area (Å²) in [5.41, 5.74) is 11.0. The summed E-state index contributed by atoms with van der Waals surface area (Å²) in [5.74, 6) is -0.737. The maximum atomic E-state index is 14.1. The number of hydrogen-bond donors (Lipinski definition) is 13. The zero-order valence-corrected chi connectivity index (χ0v) is 55.2. The first-order chi connectivity index (χ1) is 47.2. The van der Waals surface area contributed by atoms with E-state index in [1.165, 1.54) is 41.7 Å². The van der Waals surface area contributed by atoms with Crippen LogP contribution < -0.4 is 56.5 Å². The van der Waals surface area contributed by atoms with Crippen molar-refractivity contribution in [1.29, 1.82) is 0 Å². The molecule has 12 rings (SSSR count). The molecule has 16 N–H and O–H groups in total. The van der Waals surface area contributed by atoms with Crippen LogP contribution in [0, 0.1) is 13.8 Å². The third kappa shape index (κ3) is 15.9.